The van der Waals surface area contributed by atoms with Gasteiger partial charge in [-0.15, -0.1) is 0 Å². The van der Waals surface area contributed by atoms with Crippen molar-refractivity contribution < 1.29 is 24.3 Å². The molecule has 1 aromatic carbocycles. The van der Waals surface area contributed by atoms with Gasteiger partial charge < -0.3 is 5.11 Å². The molecule has 7 nitrogen and oxygen atoms in total. The Labute approximate surface area is 196 Å². The van der Waals surface area contributed by atoms with Gasteiger partial charge in [0.15, 0.2) is 0 Å². The number of unbranched alkanes of at least 4 members (excludes halogenated alkanes) is 2. The van der Waals surface area contributed by atoms with Crippen LogP contribution in [0.3, 0.4) is 0 Å². The standard InChI is InChI=1S/C23H24N2O5S2/c1-15(12-16-8-4-2-5-9-16)13-18-22(30)25(23(31)32-18)17-14-19(26)24(21(17)29)11-7-3-6-10-20(27)28/h2,4-5,8-9,12-13,17H,3,6-7,10-11,14H2,1H3,(H,27,28)/b15-12-,18-13+. The van der Waals surface area contributed by atoms with Crippen LogP contribution in [0.25, 0.3) is 6.08 Å². The van der Waals surface area contributed by atoms with E-state index in [1.54, 1.807) is 6.08 Å². The molecule has 2 heterocycles. The fourth-order valence-corrected chi connectivity index (χ4v) is 5.04. The van der Waals surface area contributed by atoms with Crippen molar-refractivity contribution in [3.8, 4) is 0 Å². The van der Waals surface area contributed by atoms with Crippen molar-refractivity contribution in [3.05, 3.63) is 52.4 Å². The predicted octanol–water partition coefficient (Wildman–Crippen LogP) is 3.61. The maximum absolute atomic E-state index is 13.0. The molecule has 9 heteroatoms. The second-order valence-electron chi connectivity index (χ2n) is 7.66. The molecule has 0 radical (unpaired) electrons. The SMILES string of the molecule is CC(=C/c1ccccc1)/C=C1/SC(=S)N(C2CC(=O)N(CCCCCC(=O)O)C2=O)C1=O. The first-order valence-electron chi connectivity index (χ1n) is 10.3. The summed E-state index contributed by atoms with van der Waals surface area (Å²) in [5.74, 6) is -2.00. The quantitative estimate of drug-likeness (QED) is 0.254. The van der Waals surface area contributed by atoms with Gasteiger partial charge in [-0.25, -0.2) is 0 Å². The molecule has 2 saturated heterocycles. The summed E-state index contributed by atoms with van der Waals surface area (Å²) in [5, 5.41) is 8.69. The molecule has 2 aliphatic heterocycles. The minimum atomic E-state index is -0.918. The van der Waals surface area contributed by atoms with Gasteiger partial charge >= 0.3 is 5.97 Å². The van der Waals surface area contributed by atoms with Gasteiger partial charge in [0.05, 0.1) is 11.3 Å². The van der Waals surface area contributed by atoms with Crippen molar-refractivity contribution in [2.45, 2.75) is 45.1 Å². The number of allylic oxidation sites excluding steroid dienone is 2. The van der Waals surface area contributed by atoms with Crippen LogP contribution in [0.2, 0.25) is 0 Å². The second-order valence-corrected chi connectivity index (χ2v) is 9.33. The summed E-state index contributed by atoms with van der Waals surface area (Å²) >= 11 is 6.49. The summed E-state index contributed by atoms with van der Waals surface area (Å²) in [6, 6.07) is 8.79. The van der Waals surface area contributed by atoms with Crippen LogP contribution in [0.5, 0.6) is 0 Å². The van der Waals surface area contributed by atoms with Crippen molar-refractivity contribution >= 4 is 58.1 Å². The largest absolute Gasteiger partial charge is 0.481 e. The number of aliphatic carboxylic acids is 1. The fourth-order valence-electron chi connectivity index (χ4n) is 3.63. The Bertz CT molecular complexity index is 1000. The number of likely N-dealkylation sites (tertiary alicyclic amines) is 1. The molecule has 1 aromatic rings. The van der Waals surface area contributed by atoms with Crippen LogP contribution in [-0.2, 0) is 19.2 Å². The van der Waals surface area contributed by atoms with Gasteiger partial charge in [0.25, 0.3) is 11.8 Å². The van der Waals surface area contributed by atoms with E-state index < -0.39 is 17.9 Å². The molecule has 1 N–H and O–H groups in total. The first-order valence-corrected chi connectivity index (χ1v) is 11.6. The van der Waals surface area contributed by atoms with Gasteiger partial charge in [-0.3, -0.25) is 29.0 Å². The van der Waals surface area contributed by atoms with Gasteiger partial charge in [-0.2, -0.15) is 0 Å². The van der Waals surface area contributed by atoms with Crippen molar-refractivity contribution in [1.29, 1.82) is 0 Å². The number of hydrogen-bond acceptors (Lipinski definition) is 6. The first-order chi connectivity index (χ1) is 15.3. The minimum Gasteiger partial charge on any atom is -0.481 e. The van der Waals surface area contributed by atoms with Crippen molar-refractivity contribution in [3.63, 3.8) is 0 Å². The highest BCUT2D eigenvalue weighted by Gasteiger charge is 2.48. The monoisotopic (exact) mass is 472 g/mol. The summed E-state index contributed by atoms with van der Waals surface area (Å²) in [6.45, 7) is 2.10. The van der Waals surface area contributed by atoms with Crippen LogP contribution in [0.1, 0.15) is 44.6 Å². The summed E-state index contributed by atoms with van der Waals surface area (Å²) in [4.78, 5) is 51.7. The molecular weight excluding hydrogens is 448 g/mol. The summed E-state index contributed by atoms with van der Waals surface area (Å²) < 4.78 is 0.267. The molecule has 1 atom stereocenters. The van der Waals surface area contributed by atoms with Crippen LogP contribution < -0.4 is 0 Å². The van der Waals surface area contributed by atoms with Crippen LogP contribution in [0.15, 0.2) is 46.9 Å². The van der Waals surface area contributed by atoms with Gasteiger partial charge in [-0.1, -0.05) is 66.8 Å². The Morgan fingerprint density at radius 1 is 1.19 bits per heavy atom. The third-order valence-electron chi connectivity index (χ3n) is 5.18. The highest BCUT2D eigenvalue weighted by molar-refractivity contribution is 8.26. The van der Waals surface area contributed by atoms with E-state index in [9.17, 15) is 19.2 Å². The summed E-state index contributed by atoms with van der Waals surface area (Å²) in [7, 11) is 0. The number of carbonyl (C=O) groups is 4. The van der Waals surface area contributed by atoms with Crippen LogP contribution in [0.4, 0.5) is 0 Å². The smallest absolute Gasteiger partial charge is 0.303 e. The lowest BCUT2D eigenvalue weighted by atomic mass is 10.1. The highest BCUT2D eigenvalue weighted by atomic mass is 32.2. The van der Waals surface area contributed by atoms with E-state index in [1.165, 1.54) is 4.90 Å². The normalized spacial score (nSPS) is 20.7. The molecule has 0 saturated carbocycles. The van der Waals surface area contributed by atoms with E-state index in [1.807, 2.05) is 43.3 Å². The third kappa shape index (κ3) is 5.72. The zero-order valence-corrected chi connectivity index (χ0v) is 19.3. The van der Waals surface area contributed by atoms with E-state index >= 15 is 0 Å². The molecule has 2 aliphatic rings. The third-order valence-corrected chi connectivity index (χ3v) is 6.51. The van der Waals surface area contributed by atoms with Gasteiger partial charge in [0, 0.05) is 13.0 Å². The average Bonchev–Trinajstić information content (AvgIpc) is 3.16. The molecule has 1 unspecified atom stereocenters. The fraction of sp³-hybridized carbons (Fsp3) is 0.348. The Morgan fingerprint density at radius 2 is 1.91 bits per heavy atom. The first kappa shape index (κ1) is 23.9. The number of benzene rings is 1. The van der Waals surface area contributed by atoms with E-state index in [0.29, 0.717) is 24.2 Å². The van der Waals surface area contributed by atoms with Crippen molar-refractivity contribution in [1.82, 2.24) is 9.80 Å². The van der Waals surface area contributed by atoms with Crippen molar-refractivity contribution in [2.24, 2.45) is 0 Å². The predicted molar refractivity (Wildman–Crippen MR) is 126 cm³/mol. The Balaban J connectivity index is 1.65. The number of thioether (sulfide) groups is 1. The van der Waals surface area contributed by atoms with E-state index in [0.717, 1.165) is 27.8 Å². The molecule has 0 bridgehead atoms. The summed E-state index contributed by atoms with van der Waals surface area (Å²) in [6.07, 6.45) is 5.28. The van der Waals surface area contributed by atoms with Gasteiger partial charge in [-0.05, 0) is 37.0 Å². The molecule has 168 valence electrons. The molecule has 0 aliphatic carbocycles. The molecule has 3 rings (SSSR count). The number of hydrogen-bond donors (Lipinski definition) is 1. The van der Waals surface area contributed by atoms with E-state index in [4.69, 9.17) is 17.3 Å². The Kier molecular flexibility index (Phi) is 7.98. The van der Waals surface area contributed by atoms with Crippen LogP contribution in [0, 0.1) is 0 Å². The molecule has 0 spiro atoms. The number of carboxylic acid groups (broad SMARTS) is 1. The minimum absolute atomic E-state index is 0.0610. The Morgan fingerprint density at radius 3 is 2.59 bits per heavy atom. The topological polar surface area (TPSA) is 95.0 Å². The number of carboxylic acids is 1. The summed E-state index contributed by atoms with van der Waals surface area (Å²) in [5.41, 5.74) is 1.88. The van der Waals surface area contributed by atoms with Gasteiger partial charge in [0.1, 0.15) is 10.4 Å². The number of thiocarbonyl (C=S) groups is 1. The molecule has 0 aromatic heterocycles. The zero-order chi connectivity index (χ0) is 23.3. The highest BCUT2D eigenvalue weighted by Crippen LogP contribution is 2.36. The molecule has 2 fully saturated rings. The number of rotatable bonds is 9. The van der Waals surface area contributed by atoms with Gasteiger partial charge in [0.2, 0.25) is 5.91 Å². The maximum atomic E-state index is 13.0. The number of amides is 3. The molecule has 3 amide bonds. The Hall–Kier alpha value is -2.78. The molecule has 32 heavy (non-hydrogen) atoms. The maximum Gasteiger partial charge on any atom is 0.303 e. The van der Waals surface area contributed by atoms with Crippen molar-refractivity contribution in [2.75, 3.05) is 6.54 Å². The van der Waals surface area contributed by atoms with E-state index in [2.05, 4.69) is 0 Å². The molecular formula is C23H24N2O5S2. The van der Waals surface area contributed by atoms with E-state index in [-0.39, 0.29) is 35.5 Å². The lowest BCUT2D eigenvalue weighted by Crippen LogP contribution is -2.44. The van der Waals surface area contributed by atoms with Crippen LogP contribution in [-0.4, -0.2) is 55.5 Å². The number of nitrogens with zero attached hydrogens (tertiary/aromatic N) is 2. The number of carbonyl (C=O) groups excluding carboxylic acids is 3. The second kappa shape index (κ2) is 10.7. The van der Waals surface area contributed by atoms with Crippen LogP contribution >= 0.6 is 24.0 Å². The average molecular weight is 473 g/mol. The number of imide groups is 1. The lowest BCUT2D eigenvalue weighted by molar-refractivity contribution is -0.141. The zero-order valence-electron chi connectivity index (χ0n) is 17.7. The lowest BCUT2D eigenvalue weighted by Gasteiger charge is -2.21.